The first-order valence-corrected chi connectivity index (χ1v) is 8.13. The van der Waals surface area contributed by atoms with Gasteiger partial charge >= 0.3 is 0 Å². The zero-order valence-corrected chi connectivity index (χ0v) is 14.2. The SMILES string of the molecule is C=N/C(=C\C=C/C)C(=O)N1CCC[C@H]1COc1cccc(O)c1C=O. The van der Waals surface area contributed by atoms with E-state index < -0.39 is 0 Å². The number of ether oxygens (including phenoxy) is 1. The van der Waals surface area contributed by atoms with Gasteiger partial charge in [-0.3, -0.25) is 14.6 Å². The number of hydrogen-bond donors (Lipinski definition) is 1. The molecule has 1 amide bonds. The number of phenols is 1. The fraction of sp³-hybridized carbons (Fsp3) is 0.316. The van der Waals surface area contributed by atoms with E-state index in [0.29, 0.717) is 18.6 Å². The Morgan fingerprint density at radius 3 is 3.00 bits per heavy atom. The molecular formula is C19H22N2O4. The largest absolute Gasteiger partial charge is 0.507 e. The zero-order chi connectivity index (χ0) is 18.2. The highest BCUT2D eigenvalue weighted by Gasteiger charge is 2.31. The Morgan fingerprint density at radius 1 is 1.52 bits per heavy atom. The van der Waals surface area contributed by atoms with E-state index in [1.165, 1.54) is 6.07 Å². The van der Waals surface area contributed by atoms with Gasteiger partial charge in [0.15, 0.2) is 6.29 Å². The van der Waals surface area contributed by atoms with Crippen LogP contribution in [0.4, 0.5) is 0 Å². The normalized spacial score (nSPS) is 17.7. The lowest BCUT2D eigenvalue weighted by molar-refractivity contribution is -0.128. The fourth-order valence-corrected chi connectivity index (χ4v) is 2.77. The van der Waals surface area contributed by atoms with E-state index in [-0.39, 0.29) is 35.6 Å². The van der Waals surface area contributed by atoms with Gasteiger partial charge in [-0.05, 0) is 44.7 Å². The first kappa shape index (κ1) is 18.4. The molecule has 1 aromatic carbocycles. The average molecular weight is 342 g/mol. The highest BCUT2D eigenvalue weighted by Crippen LogP contribution is 2.27. The van der Waals surface area contributed by atoms with Gasteiger partial charge in [-0.25, -0.2) is 0 Å². The molecule has 6 nitrogen and oxygen atoms in total. The van der Waals surface area contributed by atoms with Crippen molar-refractivity contribution < 1.29 is 19.4 Å². The molecule has 1 aromatic rings. The van der Waals surface area contributed by atoms with Crippen molar-refractivity contribution in [3.63, 3.8) is 0 Å². The molecule has 1 fully saturated rings. The van der Waals surface area contributed by atoms with Crippen molar-refractivity contribution in [2.24, 2.45) is 4.99 Å². The minimum atomic E-state index is -0.189. The summed E-state index contributed by atoms with van der Waals surface area (Å²) in [6.45, 7) is 6.18. The third kappa shape index (κ3) is 4.35. The number of phenolic OH excluding ortho intramolecular Hbond substituents is 1. The highest BCUT2D eigenvalue weighted by molar-refractivity contribution is 5.94. The second kappa shape index (κ2) is 8.82. The molecule has 132 valence electrons. The molecule has 1 N–H and O–H groups in total. The molecule has 2 rings (SSSR count). The number of nitrogens with zero attached hydrogens (tertiary/aromatic N) is 2. The maximum atomic E-state index is 12.6. The summed E-state index contributed by atoms with van der Waals surface area (Å²) in [5.41, 5.74) is 0.399. The Bertz CT molecular complexity index is 709. The van der Waals surface area contributed by atoms with Crippen molar-refractivity contribution in [2.75, 3.05) is 13.2 Å². The van der Waals surface area contributed by atoms with Crippen molar-refractivity contribution in [1.29, 1.82) is 0 Å². The van der Waals surface area contributed by atoms with Crippen LogP contribution in [0.5, 0.6) is 11.5 Å². The average Bonchev–Trinajstić information content (AvgIpc) is 3.09. The Labute approximate surface area is 147 Å². The van der Waals surface area contributed by atoms with Gasteiger partial charge < -0.3 is 14.7 Å². The number of benzene rings is 1. The molecule has 1 saturated heterocycles. The number of hydrogen-bond acceptors (Lipinski definition) is 5. The summed E-state index contributed by atoms with van der Waals surface area (Å²) in [5.74, 6) is -0.00849. The monoisotopic (exact) mass is 342 g/mol. The number of allylic oxidation sites excluding steroid dienone is 3. The molecule has 6 heteroatoms. The number of carbonyl (C=O) groups is 2. The number of aromatic hydroxyl groups is 1. The Hall–Kier alpha value is -2.89. The first-order chi connectivity index (χ1) is 12.1. The van der Waals surface area contributed by atoms with Crippen LogP contribution in [0, 0.1) is 0 Å². The Kier molecular flexibility index (Phi) is 6.51. The minimum Gasteiger partial charge on any atom is -0.507 e. The fourth-order valence-electron chi connectivity index (χ4n) is 2.77. The lowest BCUT2D eigenvalue weighted by Gasteiger charge is -2.25. The van der Waals surface area contributed by atoms with E-state index in [1.54, 1.807) is 29.2 Å². The van der Waals surface area contributed by atoms with Gasteiger partial charge in [0, 0.05) is 6.54 Å². The topological polar surface area (TPSA) is 79.2 Å². The van der Waals surface area contributed by atoms with Crippen LogP contribution in [0.2, 0.25) is 0 Å². The Morgan fingerprint density at radius 2 is 2.32 bits per heavy atom. The van der Waals surface area contributed by atoms with Gasteiger partial charge in [0.2, 0.25) is 0 Å². The van der Waals surface area contributed by atoms with Crippen molar-refractivity contribution in [3.8, 4) is 11.5 Å². The van der Waals surface area contributed by atoms with Crippen LogP contribution in [-0.4, -0.2) is 48.1 Å². The molecule has 25 heavy (non-hydrogen) atoms. The standard InChI is InChI=1S/C19H22N2O4/c1-3-4-8-16(20-2)19(24)21-11-6-7-14(21)13-25-18-10-5-9-17(23)15(18)12-22/h3-5,8-10,12,14,23H,2,6-7,11,13H2,1H3/b4-3-,16-8-/t14-/m0/s1. The number of aliphatic imine (C=N–C) groups is 1. The van der Waals surface area contributed by atoms with Crippen LogP contribution in [0.1, 0.15) is 30.1 Å². The van der Waals surface area contributed by atoms with Crippen molar-refractivity contribution in [1.82, 2.24) is 4.90 Å². The predicted molar refractivity (Wildman–Crippen MR) is 96.2 cm³/mol. The van der Waals surface area contributed by atoms with Gasteiger partial charge in [-0.15, -0.1) is 0 Å². The van der Waals surface area contributed by atoms with Crippen LogP contribution < -0.4 is 4.74 Å². The summed E-state index contributed by atoms with van der Waals surface area (Å²) in [6, 6.07) is 4.53. The van der Waals surface area contributed by atoms with E-state index in [0.717, 1.165) is 12.8 Å². The predicted octanol–water partition coefficient (Wildman–Crippen LogP) is 2.74. The van der Waals surface area contributed by atoms with E-state index in [9.17, 15) is 14.7 Å². The van der Waals surface area contributed by atoms with E-state index in [2.05, 4.69) is 11.7 Å². The quantitative estimate of drug-likeness (QED) is 0.358. The molecule has 0 saturated carbocycles. The van der Waals surface area contributed by atoms with Crippen LogP contribution >= 0.6 is 0 Å². The van der Waals surface area contributed by atoms with Gasteiger partial charge in [0.1, 0.15) is 23.8 Å². The highest BCUT2D eigenvalue weighted by atomic mass is 16.5. The molecule has 1 atom stereocenters. The molecule has 0 aromatic heterocycles. The summed E-state index contributed by atoms with van der Waals surface area (Å²) in [6.07, 6.45) is 7.41. The van der Waals surface area contributed by atoms with E-state index in [1.807, 2.05) is 13.0 Å². The minimum absolute atomic E-state index is 0.111. The smallest absolute Gasteiger partial charge is 0.272 e. The Balaban J connectivity index is 2.09. The summed E-state index contributed by atoms with van der Waals surface area (Å²) in [5, 5.41) is 9.70. The summed E-state index contributed by atoms with van der Waals surface area (Å²) in [7, 11) is 0. The first-order valence-electron chi connectivity index (χ1n) is 8.13. The molecule has 0 bridgehead atoms. The molecule has 0 spiro atoms. The van der Waals surface area contributed by atoms with Crippen molar-refractivity contribution in [2.45, 2.75) is 25.8 Å². The number of carbonyl (C=O) groups excluding carboxylic acids is 2. The van der Waals surface area contributed by atoms with Crippen molar-refractivity contribution in [3.05, 3.63) is 47.7 Å². The van der Waals surface area contributed by atoms with Crippen LogP contribution in [0.25, 0.3) is 0 Å². The van der Waals surface area contributed by atoms with E-state index >= 15 is 0 Å². The third-order valence-corrected chi connectivity index (χ3v) is 4.07. The van der Waals surface area contributed by atoms with Crippen LogP contribution in [0.15, 0.2) is 47.1 Å². The van der Waals surface area contributed by atoms with Crippen molar-refractivity contribution >= 4 is 18.9 Å². The lowest BCUT2D eigenvalue weighted by atomic mass is 10.2. The molecule has 0 radical (unpaired) electrons. The molecule has 1 aliphatic heterocycles. The number of likely N-dealkylation sites (tertiary alicyclic amines) is 1. The number of amides is 1. The van der Waals surface area contributed by atoms with Gasteiger partial charge in [-0.1, -0.05) is 18.2 Å². The summed E-state index contributed by atoms with van der Waals surface area (Å²) < 4.78 is 5.70. The lowest BCUT2D eigenvalue weighted by Crippen LogP contribution is -2.39. The van der Waals surface area contributed by atoms with Gasteiger partial charge in [0.25, 0.3) is 5.91 Å². The zero-order valence-electron chi connectivity index (χ0n) is 14.2. The van der Waals surface area contributed by atoms with Gasteiger partial charge in [0.05, 0.1) is 11.6 Å². The summed E-state index contributed by atoms with van der Waals surface area (Å²) in [4.78, 5) is 29.3. The summed E-state index contributed by atoms with van der Waals surface area (Å²) >= 11 is 0. The molecule has 1 aliphatic rings. The van der Waals surface area contributed by atoms with Gasteiger partial charge in [-0.2, -0.15) is 0 Å². The number of aldehydes is 1. The molecular weight excluding hydrogens is 320 g/mol. The van der Waals surface area contributed by atoms with Crippen LogP contribution in [0.3, 0.4) is 0 Å². The van der Waals surface area contributed by atoms with Crippen LogP contribution in [-0.2, 0) is 4.79 Å². The maximum Gasteiger partial charge on any atom is 0.272 e. The molecule has 0 aliphatic carbocycles. The maximum absolute atomic E-state index is 12.6. The van der Waals surface area contributed by atoms with E-state index in [4.69, 9.17) is 4.74 Å². The number of rotatable bonds is 7. The second-order valence-electron chi connectivity index (χ2n) is 5.65. The molecule has 1 heterocycles. The molecule has 0 unspecified atom stereocenters. The second-order valence-corrected chi connectivity index (χ2v) is 5.65. The third-order valence-electron chi connectivity index (χ3n) is 4.07.